The zero-order chi connectivity index (χ0) is 20.4. The lowest BCUT2D eigenvalue weighted by Crippen LogP contribution is -2.32. The maximum Gasteiger partial charge on any atom is 0.249 e. The molecular weight excluding hydrogens is 390 g/mol. The predicted molar refractivity (Wildman–Crippen MR) is 110 cm³/mol. The second kappa shape index (κ2) is 8.25. The number of benzene rings is 2. The van der Waals surface area contributed by atoms with E-state index in [0.29, 0.717) is 29.0 Å². The number of ether oxygens (including phenoxy) is 1. The Bertz CT molecular complexity index is 1030. The van der Waals surface area contributed by atoms with Gasteiger partial charge in [-0.15, -0.1) is 0 Å². The predicted octanol–water partition coefficient (Wildman–Crippen LogP) is 4.61. The third-order valence-electron chi connectivity index (χ3n) is 5.15. The van der Waals surface area contributed by atoms with Crippen LogP contribution in [-0.2, 0) is 11.2 Å². The van der Waals surface area contributed by atoms with Gasteiger partial charge in [0.05, 0.1) is 18.6 Å². The number of amides is 1. The first-order chi connectivity index (χ1) is 14.0. The molecule has 1 aliphatic rings. The number of hydrogen-bond acceptors (Lipinski definition) is 5. The molecule has 29 heavy (non-hydrogen) atoms. The molecule has 6 nitrogen and oxygen atoms in total. The molecule has 1 aliphatic heterocycles. The summed E-state index contributed by atoms with van der Waals surface area (Å²) in [7, 11) is 1.57. The number of halogens is 1. The van der Waals surface area contributed by atoms with E-state index >= 15 is 0 Å². The van der Waals surface area contributed by atoms with Gasteiger partial charge in [0.1, 0.15) is 11.8 Å². The number of nitrogens with zero attached hydrogens (tertiary/aromatic N) is 3. The van der Waals surface area contributed by atoms with Gasteiger partial charge in [-0.2, -0.15) is 4.98 Å². The van der Waals surface area contributed by atoms with E-state index in [4.69, 9.17) is 20.9 Å². The summed E-state index contributed by atoms with van der Waals surface area (Å²) < 4.78 is 10.7. The average molecular weight is 412 g/mol. The van der Waals surface area contributed by atoms with E-state index in [1.54, 1.807) is 19.2 Å². The molecule has 1 amide bonds. The van der Waals surface area contributed by atoms with E-state index in [9.17, 15) is 4.79 Å². The zero-order valence-electron chi connectivity index (χ0n) is 16.4. The molecule has 150 valence electrons. The molecule has 4 rings (SSSR count). The Morgan fingerprint density at radius 2 is 2.17 bits per heavy atom. The zero-order valence-corrected chi connectivity index (χ0v) is 17.1. The maximum atomic E-state index is 12.9. The highest BCUT2D eigenvalue weighted by Crippen LogP contribution is 2.33. The van der Waals surface area contributed by atoms with E-state index in [2.05, 4.69) is 10.1 Å². The van der Waals surface area contributed by atoms with Crippen LogP contribution >= 0.6 is 11.6 Å². The van der Waals surface area contributed by atoms with Crippen molar-refractivity contribution in [2.75, 3.05) is 13.7 Å². The molecule has 0 aliphatic carbocycles. The highest BCUT2D eigenvalue weighted by molar-refractivity contribution is 6.32. The third kappa shape index (κ3) is 4.12. The minimum absolute atomic E-state index is 0.0176. The van der Waals surface area contributed by atoms with Gasteiger partial charge < -0.3 is 14.2 Å². The molecule has 0 spiro atoms. The van der Waals surface area contributed by atoms with Gasteiger partial charge in [0, 0.05) is 12.1 Å². The van der Waals surface area contributed by atoms with Crippen molar-refractivity contribution in [1.82, 2.24) is 15.0 Å². The van der Waals surface area contributed by atoms with Crippen LogP contribution in [0.3, 0.4) is 0 Å². The molecule has 0 radical (unpaired) electrons. The van der Waals surface area contributed by atoms with E-state index in [1.165, 1.54) is 0 Å². The second-order valence-corrected chi connectivity index (χ2v) is 7.62. The molecule has 1 saturated heterocycles. The third-order valence-corrected chi connectivity index (χ3v) is 5.44. The lowest BCUT2D eigenvalue weighted by Gasteiger charge is -2.22. The van der Waals surface area contributed by atoms with Crippen molar-refractivity contribution in [2.24, 2.45) is 0 Å². The summed E-state index contributed by atoms with van der Waals surface area (Å²) in [5.41, 5.74) is 2.88. The Morgan fingerprint density at radius 1 is 1.31 bits per heavy atom. The van der Waals surface area contributed by atoms with Crippen LogP contribution in [0.25, 0.3) is 11.4 Å². The van der Waals surface area contributed by atoms with Gasteiger partial charge in [-0.05, 0) is 43.5 Å². The van der Waals surface area contributed by atoms with Gasteiger partial charge in [0.2, 0.25) is 17.6 Å². The van der Waals surface area contributed by atoms with Crippen LogP contribution in [0.4, 0.5) is 0 Å². The van der Waals surface area contributed by atoms with Crippen LogP contribution in [0.1, 0.15) is 35.9 Å². The molecule has 7 heteroatoms. The normalized spacial score (nSPS) is 16.2. The average Bonchev–Trinajstić information content (AvgIpc) is 3.37. The molecule has 0 N–H and O–H groups in total. The Morgan fingerprint density at radius 3 is 2.93 bits per heavy atom. The van der Waals surface area contributed by atoms with Crippen molar-refractivity contribution in [3.8, 4) is 17.1 Å². The molecule has 0 unspecified atom stereocenters. The summed E-state index contributed by atoms with van der Waals surface area (Å²) in [6.07, 6.45) is 1.98. The van der Waals surface area contributed by atoms with Crippen LogP contribution in [0.15, 0.2) is 47.0 Å². The highest BCUT2D eigenvalue weighted by Gasteiger charge is 2.34. The van der Waals surface area contributed by atoms with Gasteiger partial charge in [-0.25, -0.2) is 0 Å². The highest BCUT2D eigenvalue weighted by atomic mass is 35.5. The van der Waals surface area contributed by atoms with E-state index in [1.807, 2.05) is 42.2 Å². The number of aryl methyl sites for hydroxylation is 1. The summed E-state index contributed by atoms with van der Waals surface area (Å²) in [5.74, 6) is 1.64. The summed E-state index contributed by atoms with van der Waals surface area (Å²) in [6.45, 7) is 2.70. The van der Waals surface area contributed by atoms with Crippen LogP contribution in [0.2, 0.25) is 5.02 Å². The van der Waals surface area contributed by atoms with Crippen LogP contribution in [0, 0.1) is 6.92 Å². The maximum absolute atomic E-state index is 12.9. The first kappa shape index (κ1) is 19.5. The quantitative estimate of drug-likeness (QED) is 0.613. The largest absolute Gasteiger partial charge is 0.495 e. The van der Waals surface area contributed by atoms with Crippen molar-refractivity contribution < 1.29 is 14.1 Å². The fourth-order valence-corrected chi connectivity index (χ4v) is 3.97. The Balaban J connectivity index is 1.50. The van der Waals surface area contributed by atoms with Gasteiger partial charge in [-0.1, -0.05) is 46.6 Å². The van der Waals surface area contributed by atoms with Crippen molar-refractivity contribution >= 4 is 17.5 Å². The number of aromatic nitrogens is 2. The van der Waals surface area contributed by atoms with Gasteiger partial charge in [0.25, 0.3) is 0 Å². The summed E-state index contributed by atoms with van der Waals surface area (Å²) in [4.78, 5) is 19.3. The van der Waals surface area contributed by atoms with Gasteiger partial charge in [0.15, 0.2) is 0 Å². The number of likely N-dealkylation sites (tertiary alicyclic amines) is 1. The van der Waals surface area contributed by atoms with E-state index < -0.39 is 0 Å². The lowest BCUT2D eigenvalue weighted by molar-refractivity contribution is -0.131. The fourth-order valence-electron chi connectivity index (χ4n) is 3.69. The molecule has 1 atom stereocenters. The molecule has 0 saturated carbocycles. The number of hydrogen-bond donors (Lipinski definition) is 0. The Kier molecular flexibility index (Phi) is 5.53. The van der Waals surface area contributed by atoms with Gasteiger partial charge >= 0.3 is 0 Å². The Labute approximate surface area is 174 Å². The smallest absolute Gasteiger partial charge is 0.249 e. The SMILES string of the molecule is COc1ccc(CC(=O)N2CCC[C@H]2c2nc(-c3cccc(C)c3)no2)cc1Cl. The fraction of sp³-hybridized carbons (Fsp3) is 0.318. The number of carbonyl (C=O) groups excluding carboxylic acids is 1. The van der Waals surface area contributed by atoms with Crippen LogP contribution in [0.5, 0.6) is 5.75 Å². The summed E-state index contributed by atoms with van der Waals surface area (Å²) in [5, 5.41) is 4.62. The minimum Gasteiger partial charge on any atom is -0.495 e. The van der Waals surface area contributed by atoms with Crippen molar-refractivity contribution in [1.29, 1.82) is 0 Å². The number of methoxy groups -OCH3 is 1. The molecule has 2 heterocycles. The first-order valence-electron chi connectivity index (χ1n) is 9.57. The van der Waals surface area contributed by atoms with Crippen LogP contribution < -0.4 is 4.74 Å². The molecule has 3 aromatic rings. The molecule has 1 fully saturated rings. The van der Waals surface area contributed by atoms with E-state index in [0.717, 1.165) is 29.5 Å². The summed E-state index contributed by atoms with van der Waals surface area (Å²) >= 11 is 6.19. The molecule has 0 bridgehead atoms. The van der Waals surface area contributed by atoms with Crippen molar-refractivity contribution in [3.05, 3.63) is 64.5 Å². The standard InChI is InChI=1S/C22H22ClN3O3/c1-14-5-3-6-16(11-14)21-24-22(29-25-21)18-7-4-10-26(18)20(27)13-15-8-9-19(28-2)17(23)12-15/h3,5-6,8-9,11-12,18H,4,7,10,13H2,1-2H3/t18-/m0/s1. The van der Waals surface area contributed by atoms with Gasteiger partial charge in [-0.3, -0.25) is 4.79 Å². The second-order valence-electron chi connectivity index (χ2n) is 7.22. The van der Waals surface area contributed by atoms with Crippen LogP contribution in [-0.4, -0.2) is 34.6 Å². The number of carbonyl (C=O) groups is 1. The topological polar surface area (TPSA) is 68.5 Å². The van der Waals surface area contributed by atoms with E-state index in [-0.39, 0.29) is 18.4 Å². The lowest BCUT2D eigenvalue weighted by atomic mass is 10.1. The van der Waals surface area contributed by atoms with Crippen molar-refractivity contribution in [2.45, 2.75) is 32.2 Å². The molecular formula is C22H22ClN3O3. The molecule has 1 aromatic heterocycles. The summed E-state index contributed by atoms with van der Waals surface area (Å²) in [6, 6.07) is 13.2. The molecule has 2 aromatic carbocycles. The van der Waals surface area contributed by atoms with Crippen molar-refractivity contribution in [3.63, 3.8) is 0 Å². The number of rotatable bonds is 5. The first-order valence-corrected chi connectivity index (χ1v) is 9.95. The monoisotopic (exact) mass is 411 g/mol. The Hall–Kier alpha value is -2.86. The minimum atomic E-state index is -0.192.